The maximum absolute atomic E-state index is 12.1. The number of ether oxygens (including phenoxy) is 3. The van der Waals surface area contributed by atoms with Gasteiger partial charge >= 0.3 is 5.97 Å². The van der Waals surface area contributed by atoms with Crippen LogP contribution in [-0.2, 0) is 20.9 Å². The van der Waals surface area contributed by atoms with Crippen LogP contribution in [0.2, 0.25) is 0 Å². The predicted octanol–water partition coefficient (Wildman–Crippen LogP) is 1.39. The van der Waals surface area contributed by atoms with Crippen molar-refractivity contribution in [2.24, 2.45) is 0 Å². The number of fused-ring (bicyclic) bond motifs is 1. The topological polar surface area (TPSA) is 103 Å². The summed E-state index contributed by atoms with van der Waals surface area (Å²) in [6.45, 7) is 1.57. The van der Waals surface area contributed by atoms with E-state index in [1.54, 1.807) is 42.5 Å². The smallest absolute Gasteiger partial charge is 0.326 e. The van der Waals surface area contributed by atoms with Crippen molar-refractivity contribution in [3.05, 3.63) is 59.7 Å². The minimum atomic E-state index is -0.991. The quantitative estimate of drug-likeness (QED) is 0.700. The summed E-state index contributed by atoms with van der Waals surface area (Å²) in [6.07, 6.45) is -0.991. The van der Waals surface area contributed by atoms with Gasteiger partial charge < -0.3 is 24.8 Å². The largest absolute Gasteiger partial charge is 0.454 e. The normalized spacial score (nSPS) is 12.8. The van der Waals surface area contributed by atoms with Crippen LogP contribution in [0.3, 0.4) is 0 Å². The van der Waals surface area contributed by atoms with Gasteiger partial charge in [0, 0.05) is 12.1 Å². The average molecular weight is 384 g/mol. The second-order valence-electron chi connectivity index (χ2n) is 6.09. The third kappa shape index (κ3) is 5.00. The highest BCUT2D eigenvalue weighted by Crippen LogP contribution is 2.32. The first-order chi connectivity index (χ1) is 13.5. The first-order valence-electron chi connectivity index (χ1n) is 8.72. The first kappa shape index (κ1) is 19.2. The summed E-state index contributed by atoms with van der Waals surface area (Å²) in [5, 5.41) is 5.14. The molecule has 2 aromatic rings. The molecule has 0 spiro atoms. The Morgan fingerprint density at radius 3 is 2.57 bits per heavy atom. The van der Waals surface area contributed by atoms with E-state index >= 15 is 0 Å². The summed E-state index contributed by atoms with van der Waals surface area (Å²) in [4.78, 5) is 35.9. The molecule has 0 bridgehead atoms. The Labute approximate surface area is 161 Å². The van der Waals surface area contributed by atoms with Crippen molar-refractivity contribution < 1.29 is 28.6 Å². The SMILES string of the molecule is C[C@@H](OC(=O)CNC(=O)c1ccccc1)C(=O)NCc1ccc2c(c1)OCO2. The van der Waals surface area contributed by atoms with E-state index < -0.39 is 23.9 Å². The van der Waals surface area contributed by atoms with Crippen molar-refractivity contribution >= 4 is 17.8 Å². The molecular weight excluding hydrogens is 364 g/mol. The minimum Gasteiger partial charge on any atom is -0.454 e. The molecule has 8 nitrogen and oxygen atoms in total. The summed E-state index contributed by atoms with van der Waals surface area (Å²) < 4.78 is 15.6. The molecule has 1 aliphatic heterocycles. The molecule has 1 atom stereocenters. The fourth-order valence-electron chi connectivity index (χ4n) is 2.52. The van der Waals surface area contributed by atoms with Crippen molar-refractivity contribution in [3.63, 3.8) is 0 Å². The van der Waals surface area contributed by atoms with Crippen molar-refractivity contribution in [1.29, 1.82) is 0 Å². The Kier molecular flexibility index (Phi) is 6.11. The van der Waals surface area contributed by atoms with Crippen LogP contribution in [0.1, 0.15) is 22.8 Å². The molecule has 1 aliphatic rings. The van der Waals surface area contributed by atoms with Crippen LogP contribution >= 0.6 is 0 Å². The Morgan fingerprint density at radius 2 is 1.79 bits per heavy atom. The van der Waals surface area contributed by atoms with E-state index in [1.165, 1.54) is 6.92 Å². The lowest BCUT2D eigenvalue weighted by Gasteiger charge is -2.14. The summed E-state index contributed by atoms with van der Waals surface area (Å²) in [5.41, 5.74) is 1.26. The number of esters is 1. The molecule has 0 fully saturated rings. The predicted molar refractivity (Wildman–Crippen MR) is 98.7 cm³/mol. The van der Waals surface area contributed by atoms with Gasteiger partial charge in [0.15, 0.2) is 17.6 Å². The molecule has 0 unspecified atom stereocenters. The van der Waals surface area contributed by atoms with Crippen molar-refractivity contribution in [1.82, 2.24) is 10.6 Å². The van der Waals surface area contributed by atoms with E-state index in [1.807, 2.05) is 6.07 Å². The second kappa shape index (κ2) is 8.90. The number of hydrogen-bond acceptors (Lipinski definition) is 6. The lowest BCUT2D eigenvalue weighted by Crippen LogP contribution is -2.38. The van der Waals surface area contributed by atoms with Crippen molar-refractivity contribution in [3.8, 4) is 11.5 Å². The lowest BCUT2D eigenvalue weighted by atomic mass is 10.2. The van der Waals surface area contributed by atoms with E-state index in [4.69, 9.17) is 14.2 Å². The number of nitrogens with one attached hydrogen (secondary N) is 2. The van der Waals surface area contributed by atoms with Gasteiger partial charge in [-0.2, -0.15) is 0 Å². The van der Waals surface area contributed by atoms with E-state index in [2.05, 4.69) is 10.6 Å². The van der Waals surface area contributed by atoms with E-state index in [0.29, 0.717) is 17.1 Å². The summed E-state index contributed by atoms with van der Waals surface area (Å²) >= 11 is 0. The molecule has 2 N–H and O–H groups in total. The number of hydrogen-bond donors (Lipinski definition) is 2. The molecule has 0 saturated carbocycles. The van der Waals surface area contributed by atoms with E-state index in [9.17, 15) is 14.4 Å². The Bertz CT molecular complexity index is 868. The highest BCUT2D eigenvalue weighted by Gasteiger charge is 2.19. The number of carbonyl (C=O) groups is 3. The second-order valence-corrected chi connectivity index (χ2v) is 6.09. The van der Waals surface area contributed by atoms with Crippen LogP contribution in [0.15, 0.2) is 48.5 Å². The molecule has 28 heavy (non-hydrogen) atoms. The van der Waals surface area contributed by atoms with Gasteiger partial charge in [0.05, 0.1) is 0 Å². The van der Waals surface area contributed by atoms with Gasteiger partial charge in [0.2, 0.25) is 6.79 Å². The third-order valence-corrected chi connectivity index (χ3v) is 4.01. The van der Waals surface area contributed by atoms with Crippen LogP contribution in [0.25, 0.3) is 0 Å². The Hall–Kier alpha value is -3.55. The average Bonchev–Trinajstić information content (AvgIpc) is 3.18. The molecule has 146 valence electrons. The van der Waals surface area contributed by atoms with Gasteiger partial charge in [-0.05, 0) is 36.8 Å². The maximum Gasteiger partial charge on any atom is 0.326 e. The molecule has 0 radical (unpaired) electrons. The minimum absolute atomic E-state index is 0.180. The lowest BCUT2D eigenvalue weighted by molar-refractivity contribution is -0.153. The van der Waals surface area contributed by atoms with Gasteiger partial charge in [-0.3, -0.25) is 14.4 Å². The summed E-state index contributed by atoms with van der Waals surface area (Å²) in [6, 6.07) is 13.8. The summed E-state index contributed by atoms with van der Waals surface area (Å²) in [7, 11) is 0. The molecule has 2 aromatic carbocycles. The zero-order chi connectivity index (χ0) is 19.9. The zero-order valence-electron chi connectivity index (χ0n) is 15.3. The maximum atomic E-state index is 12.1. The van der Waals surface area contributed by atoms with Crippen LogP contribution < -0.4 is 20.1 Å². The number of benzene rings is 2. The fraction of sp³-hybridized carbons (Fsp3) is 0.250. The van der Waals surface area contributed by atoms with Crippen LogP contribution in [0.5, 0.6) is 11.5 Å². The number of carbonyl (C=O) groups excluding carboxylic acids is 3. The van der Waals surface area contributed by atoms with Gasteiger partial charge in [-0.1, -0.05) is 24.3 Å². The first-order valence-corrected chi connectivity index (χ1v) is 8.72. The molecule has 1 heterocycles. The number of amides is 2. The molecule has 0 saturated heterocycles. The van der Waals surface area contributed by atoms with Crippen LogP contribution in [-0.4, -0.2) is 37.2 Å². The highest BCUT2D eigenvalue weighted by molar-refractivity contribution is 5.96. The molecular formula is C20H20N2O6. The van der Waals surface area contributed by atoms with E-state index in [0.717, 1.165) is 5.56 Å². The highest BCUT2D eigenvalue weighted by atomic mass is 16.7. The zero-order valence-corrected chi connectivity index (χ0v) is 15.3. The molecule has 0 aromatic heterocycles. The standard InChI is InChI=1S/C20H20N2O6/c1-13(28-18(23)11-22-20(25)15-5-3-2-4-6-15)19(24)21-10-14-7-8-16-17(9-14)27-12-26-16/h2-9,13H,10-12H2,1H3,(H,21,24)(H,22,25)/t13-/m1/s1. The van der Waals surface area contributed by atoms with Crippen LogP contribution in [0, 0.1) is 0 Å². The van der Waals surface area contributed by atoms with Gasteiger partial charge in [-0.15, -0.1) is 0 Å². The molecule has 2 amide bonds. The summed E-state index contributed by atoms with van der Waals surface area (Å²) in [5.74, 6) is -0.247. The Morgan fingerprint density at radius 1 is 1.04 bits per heavy atom. The van der Waals surface area contributed by atoms with Crippen LogP contribution in [0.4, 0.5) is 0 Å². The third-order valence-electron chi connectivity index (χ3n) is 4.01. The number of rotatable bonds is 7. The monoisotopic (exact) mass is 384 g/mol. The molecule has 8 heteroatoms. The van der Waals surface area contributed by atoms with Gasteiger partial charge in [-0.25, -0.2) is 0 Å². The van der Waals surface area contributed by atoms with Crippen molar-refractivity contribution in [2.45, 2.75) is 19.6 Å². The fourth-order valence-corrected chi connectivity index (χ4v) is 2.52. The Balaban J connectivity index is 1.41. The van der Waals surface area contributed by atoms with Gasteiger partial charge in [0.1, 0.15) is 6.54 Å². The van der Waals surface area contributed by atoms with E-state index in [-0.39, 0.29) is 19.9 Å². The molecule has 0 aliphatic carbocycles. The van der Waals surface area contributed by atoms with Crippen molar-refractivity contribution in [2.75, 3.05) is 13.3 Å². The van der Waals surface area contributed by atoms with Gasteiger partial charge in [0.25, 0.3) is 11.8 Å². The molecule has 3 rings (SSSR count).